The molecule has 0 amide bonds. The molecule has 0 radical (unpaired) electrons. The van der Waals surface area contributed by atoms with Crippen molar-refractivity contribution in [2.75, 3.05) is 6.54 Å². The molecule has 0 fully saturated rings. The van der Waals surface area contributed by atoms with Crippen LogP contribution >= 0.6 is 0 Å². The van der Waals surface area contributed by atoms with Gasteiger partial charge in [0.15, 0.2) is 0 Å². The molecule has 0 bridgehead atoms. The highest BCUT2D eigenvalue weighted by atomic mass is 15.2. The van der Waals surface area contributed by atoms with Crippen molar-refractivity contribution in [2.24, 2.45) is 5.41 Å². The first-order valence-corrected chi connectivity index (χ1v) is 10.00. The van der Waals surface area contributed by atoms with Crippen LogP contribution < -0.4 is 0 Å². The average molecular weight is 336 g/mol. The van der Waals surface area contributed by atoms with Crippen molar-refractivity contribution in [1.82, 2.24) is 4.90 Å². The SMILES string of the molecule is C/C=C/C1=CC(=C/C=C2/N(CCC)C3=C(CCC=C3)C2(C)C)/CCC1. The van der Waals surface area contributed by atoms with Crippen LogP contribution in [0.1, 0.15) is 66.2 Å². The lowest BCUT2D eigenvalue weighted by atomic mass is 9.79. The summed E-state index contributed by atoms with van der Waals surface area (Å²) in [6, 6.07) is 0. The Labute approximate surface area is 154 Å². The van der Waals surface area contributed by atoms with E-state index in [1.165, 1.54) is 61.1 Å². The molecule has 0 atom stereocenters. The third kappa shape index (κ3) is 3.61. The van der Waals surface area contributed by atoms with E-state index in [4.69, 9.17) is 0 Å². The maximum absolute atomic E-state index is 2.57. The van der Waals surface area contributed by atoms with Gasteiger partial charge in [0.05, 0.1) is 0 Å². The topological polar surface area (TPSA) is 3.24 Å². The minimum atomic E-state index is 0.150. The van der Waals surface area contributed by atoms with Crippen LogP contribution in [0.2, 0.25) is 0 Å². The Hall–Kier alpha value is -1.76. The molecular weight excluding hydrogens is 302 g/mol. The molecule has 0 saturated heterocycles. The maximum Gasteiger partial charge on any atom is 0.0406 e. The standard InChI is InChI=1S/C24H33N/c1-5-10-19-11-9-12-20(18-19)15-16-23-24(3,4)21-13-7-8-14-22(21)25(23)17-6-2/h5,8,10,14-16,18H,6-7,9,11-13,17H2,1-4H3/b10-5+,20-15+,23-16+. The molecule has 1 heterocycles. The fourth-order valence-corrected chi connectivity index (χ4v) is 4.46. The first kappa shape index (κ1) is 18.0. The van der Waals surface area contributed by atoms with Crippen LogP contribution in [0.4, 0.5) is 0 Å². The second-order valence-corrected chi connectivity index (χ2v) is 7.95. The fourth-order valence-electron chi connectivity index (χ4n) is 4.46. The molecule has 25 heavy (non-hydrogen) atoms. The molecule has 0 saturated carbocycles. The Morgan fingerprint density at radius 2 is 2.00 bits per heavy atom. The summed E-state index contributed by atoms with van der Waals surface area (Å²) < 4.78 is 0. The molecule has 0 aromatic carbocycles. The van der Waals surface area contributed by atoms with Crippen molar-refractivity contribution in [3.63, 3.8) is 0 Å². The summed E-state index contributed by atoms with van der Waals surface area (Å²) >= 11 is 0. The quantitative estimate of drug-likeness (QED) is 0.543. The van der Waals surface area contributed by atoms with Gasteiger partial charge in [-0.1, -0.05) is 51.2 Å². The summed E-state index contributed by atoms with van der Waals surface area (Å²) in [5.41, 5.74) is 7.66. The summed E-state index contributed by atoms with van der Waals surface area (Å²) in [6.45, 7) is 10.3. The van der Waals surface area contributed by atoms with E-state index in [-0.39, 0.29) is 5.41 Å². The predicted octanol–water partition coefficient (Wildman–Crippen LogP) is 6.84. The van der Waals surface area contributed by atoms with E-state index in [0.717, 1.165) is 6.54 Å². The fraction of sp³-hybridized carbons (Fsp3) is 0.500. The second kappa shape index (κ2) is 7.64. The van der Waals surface area contributed by atoms with Crippen LogP contribution in [0.3, 0.4) is 0 Å². The average Bonchev–Trinajstić information content (AvgIpc) is 2.82. The van der Waals surface area contributed by atoms with Gasteiger partial charge in [0.25, 0.3) is 0 Å². The molecular formula is C24H33N. The van der Waals surface area contributed by atoms with Crippen molar-refractivity contribution in [2.45, 2.75) is 66.2 Å². The van der Waals surface area contributed by atoms with Crippen LogP contribution in [0.25, 0.3) is 0 Å². The lowest BCUT2D eigenvalue weighted by molar-refractivity contribution is 0.388. The Morgan fingerprint density at radius 3 is 2.76 bits per heavy atom. The third-order valence-corrected chi connectivity index (χ3v) is 5.71. The van der Waals surface area contributed by atoms with E-state index in [2.05, 4.69) is 75.1 Å². The zero-order valence-corrected chi connectivity index (χ0v) is 16.4. The molecule has 1 nitrogen and oxygen atoms in total. The van der Waals surface area contributed by atoms with Crippen LogP contribution in [-0.4, -0.2) is 11.4 Å². The van der Waals surface area contributed by atoms with Crippen molar-refractivity contribution >= 4 is 0 Å². The molecule has 134 valence electrons. The molecule has 1 heteroatoms. The summed E-state index contributed by atoms with van der Waals surface area (Å²) in [5, 5.41) is 0. The molecule has 0 aromatic heterocycles. The Morgan fingerprint density at radius 1 is 1.16 bits per heavy atom. The van der Waals surface area contributed by atoms with Crippen LogP contribution in [0.5, 0.6) is 0 Å². The predicted molar refractivity (Wildman–Crippen MR) is 109 cm³/mol. The van der Waals surface area contributed by atoms with Gasteiger partial charge in [-0.25, -0.2) is 0 Å². The molecule has 3 aliphatic rings. The monoisotopic (exact) mass is 335 g/mol. The second-order valence-electron chi connectivity index (χ2n) is 7.95. The van der Waals surface area contributed by atoms with Crippen LogP contribution in [0.15, 0.2) is 70.6 Å². The highest BCUT2D eigenvalue weighted by Crippen LogP contribution is 2.50. The van der Waals surface area contributed by atoms with E-state index in [0.29, 0.717) is 0 Å². The highest BCUT2D eigenvalue weighted by molar-refractivity contribution is 5.48. The Bertz CT molecular complexity index is 692. The van der Waals surface area contributed by atoms with E-state index >= 15 is 0 Å². The Balaban J connectivity index is 1.94. The van der Waals surface area contributed by atoms with Crippen molar-refractivity contribution in [3.05, 3.63) is 70.6 Å². The van der Waals surface area contributed by atoms with E-state index in [1.54, 1.807) is 5.57 Å². The van der Waals surface area contributed by atoms with Gasteiger partial charge in [0.1, 0.15) is 0 Å². The molecule has 0 aromatic rings. The van der Waals surface area contributed by atoms with Crippen LogP contribution in [-0.2, 0) is 0 Å². The summed E-state index contributed by atoms with van der Waals surface area (Å²) in [4.78, 5) is 2.57. The molecule has 0 unspecified atom stereocenters. The van der Waals surface area contributed by atoms with Gasteiger partial charge in [0.2, 0.25) is 0 Å². The third-order valence-electron chi connectivity index (χ3n) is 5.71. The van der Waals surface area contributed by atoms with Gasteiger partial charge in [-0.15, -0.1) is 0 Å². The zero-order valence-electron chi connectivity index (χ0n) is 16.4. The molecule has 0 N–H and O–H groups in total. The van der Waals surface area contributed by atoms with Crippen molar-refractivity contribution < 1.29 is 0 Å². The number of allylic oxidation sites excluding steroid dienone is 10. The smallest absolute Gasteiger partial charge is 0.0406 e. The maximum atomic E-state index is 2.57. The summed E-state index contributed by atoms with van der Waals surface area (Å²) in [7, 11) is 0. The van der Waals surface area contributed by atoms with E-state index in [1.807, 2.05) is 0 Å². The molecule has 1 aliphatic heterocycles. The minimum absolute atomic E-state index is 0.150. The van der Waals surface area contributed by atoms with Crippen molar-refractivity contribution in [3.8, 4) is 0 Å². The van der Waals surface area contributed by atoms with Crippen molar-refractivity contribution in [1.29, 1.82) is 0 Å². The van der Waals surface area contributed by atoms with Gasteiger partial charge >= 0.3 is 0 Å². The molecule has 0 spiro atoms. The number of hydrogen-bond acceptors (Lipinski definition) is 1. The zero-order chi connectivity index (χ0) is 17.9. The summed E-state index contributed by atoms with van der Waals surface area (Å²) in [6.07, 6.45) is 23.5. The normalized spacial score (nSPS) is 26.1. The number of hydrogen-bond donors (Lipinski definition) is 0. The van der Waals surface area contributed by atoms with Gasteiger partial charge in [-0.05, 0) is 74.3 Å². The van der Waals surface area contributed by atoms with Gasteiger partial charge in [0, 0.05) is 23.4 Å². The lowest BCUT2D eigenvalue weighted by Gasteiger charge is -2.28. The summed E-state index contributed by atoms with van der Waals surface area (Å²) in [5.74, 6) is 0. The molecule has 2 aliphatic carbocycles. The van der Waals surface area contributed by atoms with E-state index < -0.39 is 0 Å². The Kier molecular flexibility index (Phi) is 5.51. The minimum Gasteiger partial charge on any atom is -0.344 e. The number of nitrogens with zero attached hydrogens (tertiary/aromatic N) is 1. The highest BCUT2D eigenvalue weighted by Gasteiger charge is 2.40. The largest absolute Gasteiger partial charge is 0.344 e. The van der Waals surface area contributed by atoms with Gasteiger partial charge < -0.3 is 4.90 Å². The first-order valence-electron chi connectivity index (χ1n) is 10.00. The van der Waals surface area contributed by atoms with Gasteiger partial charge in [-0.2, -0.15) is 0 Å². The first-order chi connectivity index (χ1) is 12.1. The van der Waals surface area contributed by atoms with Gasteiger partial charge in [-0.3, -0.25) is 0 Å². The van der Waals surface area contributed by atoms with E-state index in [9.17, 15) is 0 Å². The van der Waals surface area contributed by atoms with Crippen LogP contribution in [0, 0.1) is 5.41 Å². The lowest BCUT2D eigenvalue weighted by Crippen LogP contribution is -2.23. The molecule has 3 rings (SSSR count). The number of rotatable bonds is 4.